The van der Waals surface area contributed by atoms with Crippen LogP contribution in [0, 0.1) is 0 Å². The Morgan fingerprint density at radius 3 is 2.89 bits per heavy atom. The smallest absolute Gasteiger partial charge is 0.137 e. The summed E-state index contributed by atoms with van der Waals surface area (Å²) in [5, 5.41) is 3.31. The van der Waals surface area contributed by atoms with Crippen LogP contribution in [0.4, 0.5) is 11.6 Å². The standard InChI is InChI=1S/C14H24N4O/c1-4-12-13(15-5-2)16-10-17-14(12)18(3)9-11-7-6-8-19-11/h10-11H,4-9H2,1-3H3,(H,15,16,17). The predicted molar refractivity (Wildman–Crippen MR) is 77.8 cm³/mol. The van der Waals surface area contributed by atoms with E-state index < -0.39 is 0 Å². The normalized spacial score (nSPS) is 18.6. The van der Waals surface area contributed by atoms with Crippen LogP contribution in [0.15, 0.2) is 6.33 Å². The molecule has 1 aromatic heterocycles. The SMILES string of the molecule is CCNc1ncnc(N(C)CC2CCCO2)c1CC. The molecule has 2 heterocycles. The second-order valence-corrected chi connectivity index (χ2v) is 4.92. The molecule has 0 spiro atoms. The third kappa shape index (κ3) is 3.35. The van der Waals surface area contributed by atoms with Gasteiger partial charge in [-0.05, 0) is 26.2 Å². The van der Waals surface area contributed by atoms with Crippen molar-refractivity contribution in [1.29, 1.82) is 0 Å². The van der Waals surface area contributed by atoms with Crippen LogP contribution < -0.4 is 10.2 Å². The average molecular weight is 264 g/mol. The first-order chi connectivity index (χ1) is 9.26. The number of nitrogens with one attached hydrogen (secondary N) is 1. The maximum atomic E-state index is 5.70. The summed E-state index contributed by atoms with van der Waals surface area (Å²) >= 11 is 0. The lowest BCUT2D eigenvalue weighted by Gasteiger charge is -2.24. The van der Waals surface area contributed by atoms with Gasteiger partial charge in [0.15, 0.2) is 0 Å². The fourth-order valence-corrected chi connectivity index (χ4v) is 2.56. The molecule has 5 heteroatoms. The van der Waals surface area contributed by atoms with Crippen LogP contribution in [0.5, 0.6) is 0 Å². The minimum absolute atomic E-state index is 0.340. The molecule has 1 N–H and O–H groups in total. The number of hydrogen-bond acceptors (Lipinski definition) is 5. The van der Waals surface area contributed by atoms with Crippen LogP contribution in [-0.2, 0) is 11.2 Å². The second-order valence-electron chi connectivity index (χ2n) is 4.92. The van der Waals surface area contributed by atoms with Gasteiger partial charge in [0.2, 0.25) is 0 Å². The first-order valence-corrected chi connectivity index (χ1v) is 7.16. The lowest BCUT2D eigenvalue weighted by molar-refractivity contribution is 0.116. The van der Waals surface area contributed by atoms with E-state index in [1.807, 2.05) is 0 Å². The van der Waals surface area contributed by atoms with Gasteiger partial charge in [-0.1, -0.05) is 6.92 Å². The lowest BCUT2D eigenvalue weighted by Crippen LogP contribution is -2.30. The molecule has 0 bridgehead atoms. The second kappa shape index (κ2) is 6.70. The van der Waals surface area contributed by atoms with Crippen LogP contribution in [-0.4, -0.2) is 42.8 Å². The van der Waals surface area contributed by atoms with Gasteiger partial charge < -0.3 is 15.0 Å². The quantitative estimate of drug-likeness (QED) is 0.852. The predicted octanol–water partition coefficient (Wildman–Crippen LogP) is 2.09. The molecule has 1 saturated heterocycles. The van der Waals surface area contributed by atoms with Crippen molar-refractivity contribution in [2.24, 2.45) is 0 Å². The maximum absolute atomic E-state index is 5.70. The van der Waals surface area contributed by atoms with E-state index in [0.717, 1.165) is 44.2 Å². The van der Waals surface area contributed by atoms with Gasteiger partial charge in [-0.25, -0.2) is 9.97 Å². The third-order valence-corrected chi connectivity index (χ3v) is 3.48. The Balaban J connectivity index is 2.14. The van der Waals surface area contributed by atoms with Gasteiger partial charge in [-0.2, -0.15) is 0 Å². The van der Waals surface area contributed by atoms with Crippen molar-refractivity contribution in [3.05, 3.63) is 11.9 Å². The highest BCUT2D eigenvalue weighted by Crippen LogP contribution is 2.24. The molecular weight excluding hydrogens is 240 g/mol. The van der Waals surface area contributed by atoms with E-state index in [0.29, 0.717) is 6.10 Å². The summed E-state index contributed by atoms with van der Waals surface area (Å²) < 4.78 is 5.70. The van der Waals surface area contributed by atoms with E-state index in [4.69, 9.17) is 4.74 Å². The number of anilines is 2. The fourth-order valence-electron chi connectivity index (χ4n) is 2.56. The molecule has 2 rings (SSSR count). The monoisotopic (exact) mass is 264 g/mol. The molecule has 0 saturated carbocycles. The summed E-state index contributed by atoms with van der Waals surface area (Å²) in [5.74, 6) is 1.97. The van der Waals surface area contributed by atoms with Gasteiger partial charge >= 0.3 is 0 Å². The molecule has 1 aliphatic heterocycles. The zero-order valence-corrected chi connectivity index (χ0v) is 12.1. The first-order valence-electron chi connectivity index (χ1n) is 7.16. The Morgan fingerprint density at radius 1 is 1.42 bits per heavy atom. The molecule has 19 heavy (non-hydrogen) atoms. The molecule has 0 radical (unpaired) electrons. The largest absolute Gasteiger partial charge is 0.376 e. The van der Waals surface area contributed by atoms with Crippen LogP contribution in [0.25, 0.3) is 0 Å². The van der Waals surface area contributed by atoms with E-state index in [-0.39, 0.29) is 0 Å². The first kappa shape index (κ1) is 14.1. The Labute approximate surface area is 115 Å². The number of likely N-dealkylation sites (N-methyl/N-ethyl adjacent to an activating group) is 1. The van der Waals surface area contributed by atoms with E-state index >= 15 is 0 Å². The molecule has 0 aliphatic carbocycles. The number of aromatic nitrogens is 2. The summed E-state index contributed by atoms with van der Waals surface area (Å²) in [5.41, 5.74) is 1.19. The zero-order valence-electron chi connectivity index (χ0n) is 12.1. The minimum atomic E-state index is 0.340. The van der Waals surface area contributed by atoms with Crippen molar-refractivity contribution in [2.45, 2.75) is 39.2 Å². The fraction of sp³-hybridized carbons (Fsp3) is 0.714. The Kier molecular flexibility index (Phi) is 4.96. The molecular formula is C14H24N4O. The number of rotatable bonds is 6. The number of hydrogen-bond donors (Lipinski definition) is 1. The van der Waals surface area contributed by atoms with Crippen LogP contribution in [0.1, 0.15) is 32.3 Å². The van der Waals surface area contributed by atoms with Crippen molar-refractivity contribution >= 4 is 11.6 Å². The highest BCUT2D eigenvalue weighted by molar-refractivity contribution is 5.58. The van der Waals surface area contributed by atoms with Crippen LogP contribution >= 0.6 is 0 Å². The van der Waals surface area contributed by atoms with Gasteiger partial charge in [0, 0.05) is 32.3 Å². The third-order valence-electron chi connectivity index (χ3n) is 3.48. The van der Waals surface area contributed by atoms with E-state index in [1.165, 1.54) is 12.0 Å². The van der Waals surface area contributed by atoms with Gasteiger partial charge in [0.25, 0.3) is 0 Å². The maximum Gasteiger partial charge on any atom is 0.137 e. The Bertz CT molecular complexity index is 404. The van der Waals surface area contributed by atoms with Crippen LogP contribution in [0.3, 0.4) is 0 Å². The summed E-state index contributed by atoms with van der Waals surface area (Å²) in [6.07, 6.45) is 5.22. The van der Waals surface area contributed by atoms with Gasteiger partial charge in [-0.3, -0.25) is 0 Å². The summed E-state index contributed by atoms with van der Waals surface area (Å²) in [4.78, 5) is 11.0. The zero-order chi connectivity index (χ0) is 13.7. The van der Waals surface area contributed by atoms with E-state index in [2.05, 4.69) is 41.1 Å². The highest BCUT2D eigenvalue weighted by Gasteiger charge is 2.20. The van der Waals surface area contributed by atoms with E-state index in [1.54, 1.807) is 6.33 Å². The molecule has 1 aliphatic rings. The molecule has 1 unspecified atom stereocenters. The lowest BCUT2D eigenvalue weighted by atomic mass is 10.2. The number of ether oxygens (including phenoxy) is 1. The van der Waals surface area contributed by atoms with Gasteiger partial charge in [-0.15, -0.1) is 0 Å². The minimum Gasteiger partial charge on any atom is -0.376 e. The van der Waals surface area contributed by atoms with Crippen molar-refractivity contribution in [3.8, 4) is 0 Å². The molecule has 0 amide bonds. The van der Waals surface area contributed by atoms with Gasteiger partial charge in [0.05, 0.1) is 6.10 Å². The Hall–Kier alpha value is -1.36. The van der Waals surface area contributed by atoms with Crippen molar-refractivity contribution in [3.63, 3.8) is 0 Å². The summed E-state index contributed by atoms with van der Waals surface area (Å²) in [7, 11) is 2.08. The molecule has 5 nitrogen and oxygen atoms in total. The molecule has 0 aromatic carbocycles. The van der Waals surface area contributed by atoms with Crippen molar-refractivity contribution < 1.29 is 4.74 Å². The molecule has 1 atom stereocenters. The molecule has 1 aromatic rings. The van der Waals surface area contributed by atoms with E-state index in [9.17, 15) is 0 Å². The molecule has 1 fully saturated rings. The summed E-state index contributed by atoms with van der Waals surface area (Å²) in [6.45, 7) is 6.89. The average Bonchev–Trinajstić information content (AvgIpc) is 2.91. The number of nitrogens with zero attached hydrogens (tertiary/aromatic N) is 3. The van der Waals surface area contributed by atoms with Crippen molar-refractivity contribution in [2.75, 3.05) is 37.0 Å². The summed E-state index contributed by atoms with van der Waals surface area (Å²) in [6, 6.07) is 0. The topological polar surface area (TPSA) is 50.3 Å². The highest BCUT2D eigenvalue weighted by atomic mass is 16.5. The van der Waals surface area contributed by atoms with Crippen LogP contribution in [0.2, 0.25) is 0 Å². The molecule has 106 valence electrons. The van der Waals surface area contributed by atoms with Crippen molar-refractivity contribution in [1.82, 2.24) is 9.97 Å². The van der Waals surface area contributed by atoms with Gasteiger partial charge in [0.1, 0.15) is 18.0 Å². The Morgan fingerprint density at radius 2 is 2.26 bits per heavy atom.